The maximum absolute atomic E-state index is 5.75. The Morgan fingerprint density at radius 2 is 1.67 bits per heavy atom. The number of nitrogen functional groups attached to an aromatic ring is 2. The molecule has 0 aromatic heterocycles. The van der Waals surface area contributed by atoms with Gasteiger partial charge in [-0.05, 0) is 32.3 Å². The van der Waals surface area contributed by atoms with E-state index in [1.807, 2.05) is 18.2 Å². The quantitative estimate of drug-likeness (QED) is 0.720. The lowest BCUT2D eigenvalue weighted by molar-refractivity contribution is 0.416. The lowest BCUT2D eigenvalue weighted by Crippen LogP contribution is -2.28. The van der Waals surface area contributed by atoms with Crippen molar-refractivity contribution in [2.24, 2.45) is 0 Å². The van der Waals surface area contributed by atoms with Crippen molar-refractivity contribution in [3.63, 3.8) is 0 Å². The summed E-state index contributed by atoms with van der Waals surface area (Å²) in [5.41, 5.74) is 13.8. The van der Waals surface area contributed by atoms with Gasteiger partial charge in [0.2, 0.25) is 0 Å². The predicted octanol–water partition coefficient (Wildman–Crippen LogP) is 0.849. The molecule has 4 N–H and O–H groups in total. The maximum Gasteiger partial charge on any atom is 0.0568 e. The van der Waals surface area contributed by atoms with Gasteiger partial charge in [-0.1, -0.05) is 0 Å². The van der Waals surface area contributed by atoms with E-state index >= 15 is 0 Å². The number of hydrogen-bond acceptors (Lipinski definition) is 4. The van der Waals surface area contributed by atoms with Gasteiger partial charge < -0.3 is 21.3 Å². The maximum atomic E-state index is 5.75. The fourth-order valence-corrected chi connectivity index (χ4v) is 1.28. The zero-order chi connectivity index (χ0) is 11.4. The lowest BCUT2D eigenvalue weighted by Gasteiger charge is -2.22. The van der Waals surface area contributed by atoms with Gasteiger partial charge in [0.25, 0.3) is 0 Å². The van der Waals surface area contributed by atoms with E-state index in [0.717, 1.165) is 18.8 Å². The molecule has 0 aliphatic carbocycles. The lowest BCUT2D eigenvalue weighted by atomic mass is 10.2. The average molecular weight is 208 g/mol. The summed E-state index contributed by atoms with van der Waals surface area (Å²) in [6.45, 7) is 1.98. The van der Waals surface area contributed by atoms with Crippen LogP contribution in [0.3, 0.4) is 0 Å². The SMILES string of the molecule is CN(C)CCN(C)c1ccc(N)c(N)c1. The molecule has 0 unspecified atom stereocenters. The van der Waals surface area contributed by atoms with E-state index in [1.165, 1.54) is 0 Å². The molecule has 0 atom stereocenters. The van der Waals surface area contributed by atoms with Crippen LogP contribution in [0.5, 0.6) is 0 Å². The van der Waals surface area contributed by atoms with Gasteiger partial charge in [-0.25, -0.2) is 0 Å². The number of benzene rings is 1. The number of rotatable bonds is 4. The third-order valence-corrected chi connectivity index (χ3v) is 2.39. The van der Waals surface area contributed by atoms with E-state index < -0.39 is 0 Å². The average Bonchev–Trinajstić information content (AvgIpc) is 2.18. The summed E-state index contributed by atoms with van der Waals surface area (Å²) >= 11 is 0. The Morgan fingerprint density at radius 1 is 1.00 bits per heavy atom. The molecule has 0 saturated carbocycles. The second-order valence-electron chi connectivity index (χ2n) is 4.04. The van der Waals surface area contributed by atoms with Gasteiger partial charge in [0.15, 0.2) is 0 Å². The van der Waals surface area contributed by atoms with Crippen molar-refractivity contribution in [3.05, 3.63) is 18.2 Å². The van der Waals surface area contributed by atoms with Gasteiger partial charge in [0, 0.05) is 25.8 Å². The number of nitrogens with two attached hydrogens (primary N) is 2. The van der Waals surface area contributed by atoms with Crippen LogP contribution in [-0.2, 0) is 0 Å². The van der Waals surface area contributed by atoms with Crippen LogP contribution >= 0.6 is 0 Å². The van der Waals surface area contributed by atoms with Gasteiger partial charge in [-0.2, -0.15) is 0 Å². The first kappa shape index (κ1) is 11.7. The molecule has 0 aliphatic rings. The van der Waals surface area contributed by atoms with Crippen molar-refractivity contribution in [2.75, 3.05) is 50.6 Å². The van der Waals surface area contributed by atoms with Crippen molar-refractivity contribution in [2.45, 2.75) is 0 Å². The number of nitrogens with zero attached hydrogens (tertiary/aromatic N) is 2. The molecule has 0 spiro atoms. The first-order valence-electron chi connectivity index (χ1n) is 5.01. The Labute approximate surface area is 91.5 Å². The molecule has 4 nitrogen and oxygen atoms in total. The number of anilines is 3. The predicted molar refractivity (Wildman–Crippen MR) is 67.1 cm³/mol. The zero-order valence-corrected chi connectivity index (χ0v) is 9.70. The first-order chi connectivity index (χ1) is 7.00. The molecule has 1 rings (SSSR count). The Bertz CT molecular complexity index is 322. The summed E-state index contributed by atoms with van der Waals surface area (Å²) in [6.07, 6.45) is 0. The third kappa shape index (κ3) is 3.32. The molecule has 0 amide bonds. The van der Waals surface area contributed by atoms with Gasteiger partial charge >= 0.3 is 0 Å². The topological polar surface area (TPSA) is 58.5 Å². The largest absolute Gasteiger partial charge is 0.397 e. The van der Waals surface area contributed by atoms with Crippen LogP contribution in [0.15, 0.2) is 18.2 Å². The Hall–Kier alpha value is -1.42. The molecule has 0 radical (unpaired) electrons. The highest BCUT2D eigenvalue weighted by Crippen LogP contribution is 2.21. The third-order valence-electron chi connectivity index (χ3n) is 2.39. The van der Waals surface area contributed by atoms with E-state index in [0.29, 0.717) is 11.4 Å². The monoisotopic (exact) mass is 208 g/mol. The molecule has 84 valence electrons. The van der Waals surface area contributed by atoms with Crippen LogP contribution in [0.2, 0.25) is 0 Å². The van der Waals surface area contributed by atoms with Gasteiger partial charge in [-0.3, -0.25) is 0 Å². The van der Waals surface area contributed by atoms with Crippen LogP contribution in [0.1, 0.15) is 0 Å². The highest BCUT2D eigenvalue weighted by atomic mass is 15.2. The molecule has 0 bridgehead atoms. The summed E-state index contributed by atoms with van der Waals surface area (Å²) in [7, 11) is 6.17. The van der Waals surface area contributed by atoms with Gasteiger partial charge in [0.05, 0.1) is 11.4 Å². The van der Waals surface area contributed by atoms with Crippen LogP contribution in [0, 0.1) is 0 Å². The molecule has 0 heterocycles. The van der Waals surface area contributed by atoms with E-state index in [9.17, 15) is 0 Å². The molecule has 4 heteroatoms. The summed E-state index contributed by atoms with van der Waals surface area (Å²) in [6, 6.07) is 5.74. The first-order valence-corrected chi connectivity index (χ1v) is 5.01. The van der Waals surface area contributed by atoms with E-state index in [1.54, 1.807) is 0 Å². The molecular formula is C11H20N4. The van der Waals surface area contributed by atoms with E-state index in [4.69, 9.17) is 11.5 Å². The summed E-state index contributed by atoms with van der Waals surface area (Å²) in [5, 5.41) is 0. The molecule has 0 aliphatic heterocycles. The standard InChI is InChI=1S/C11H20N4/c1-14(2)6-7-15(3)9-4-5-10(12)11(13)8-9/h4-5,8H,6-7,12-13H2,1-3H3. The van der Waals surface area contributed by atoms with E-state index in [2.05, 4.69) is 30.9 Å². The van der Waals surface area contributed by atoms with Crippen molar-refractivity contribution in [3.8, 4) is 0 Å². The van der Waals surface area contributed by atoms with Gasteiger partial charge in [0.1, 0.15) is 0 Å². The summed E-state index contributed by atoms with van der Waals surface area (Å²) in [5.74, 6) is 0. The minimum atomic E-state index is 0.639. The normalized spacial score (nSPS) is 10.7. The number of hydrogen-bond donors (Lipinski definition) is 2. The zero-order valence-electron chi connectivity index (χ0n) is 9.70. The molecular weight excluding hydrogens is 188 g/mol. The van der Waals surface area contributed by atoms with Crippen molar-refractivity contribution in [1.29, 1.82) is 0 Å². The minimum absolute atomic E-state index is 0.639. The Balaban J connectivity index is 2.65. The molecule has 15 heavy (non-hydrogen) atoms. The van der Waals surface area contributed by atoms with Crippen LogP contribution < -0.4 is 16.4 Å². The van der Waals surface area contributed by atoms with Gasteiger partial charge in [-0.15, -0.1) is 0 Å². The van der Waals surface area contributed by atoms with Crippen molar-refractivity contribution in [1.82, 2.24) is 4.90 Å². The van der Waals surface area contributed by atoms with Crippen LogP contribution in [0.25, 0.3) is 0 Å². The van der Waals surface area contributed by atoms with E-state index in [-0.39, 0.29) is 0 Å². The van der Waals surface area contributed by atoms with Crippen LogP contribution in [0.4, 0.5) is 17.1 Å². The Kier molecular flexibility index (Phi) is 3.80. The van der Waals surface area contributed by atoms with Crippen molar-refractivity contribution >= 4 is 17.1 Å². The molecule has 0 saturated heterocycles. The highest BCUT2D eigenvalue weighted by molar-refractivity contribution is 5.69. The fraction of sp³-hybridized carbons (Fsp3) is 0.455. The Morgan fingerprint density at radius 3 is 2.20 bits per heavy atom. The minimum Gasteiger partial charge on any atom is -0.397 e. The highest BCUT2D eigenvalue weighted by Gasteiger charge is 2.03. The number of likely N-dealkylation sites (N-methyl/N-ethyl adjacent to an activating group) is 2. The molecule has 0 fully saturated rings. The smallest absolute Gasteiger partial charge is 0.0568 e. The summed E-state index contributed by atoms with van der Waals surface area (Å²) in [4.78, 5) is 4.31. The molecule has 1 aromatic carbocycles. The van der Waals surface area contributed by atoms with Crippen LogP contribution in [-0.4, -0.2) is 39.1 Å². The molecule has 1 aromatic rings. The second kappa shape index (κ2) is 4.89. The van der Waals surface area contributed by atoms with Crippen molar-refractivity contribution < 1.29 is 0 Å². The fourth-order valence-electron chi connectivity index (χ4n) is 1.28. The second-order valence-corrected chi connectivity index (χ2v) is 4.04. The summed E-state index contributed by atoms with van der Waals surface area (Å²) < 4.78 is 0.